The third-order valence-corrected chi connectivity index (χ3v) is 1.44. The fourth-order valence-corrected chi connectivity index (χ4v) is 0.763. The first-order chi connectivity index (χ1) is 4.74. The minimum atomic E-state index is -0.542. The Morgan fingerprint density at radius 3 is 2.80 bits per heavy atom. The van der Waals surface area contributed by atoms with Gasteiger partial charge in [-0.2, -0.15) is 0 Å². The maximum absolute atomic E-state index is 10.4. The molecule has 54 valence electrons. The average molecular weight is 159 g/mol. The number of aryl methyl sites for hydroxylation is 1. The molecule has 0 aliphatic carbocycles. The Kier molecular flexibility index (Phi) is 2.12. The van der Waals surface area contributed by atoms with Crippen LogP contribution < -0.4 is 0 Å². The van der Waals surface area contributed by atoms with Crippen LogP contribution in [0.25, 0.3) is 0 Å². The van der Waals surface area contributed by atoms with E-state index in [2.05, 4.69) is 0 Å². The van der Waals surface area contributed by atoms with Crippen molar-refractivity contribution in [2.75, 3.05) is 0 Å². The van der Waals surface area contributed by atoms with E-state index in [1.807, 2.05) is 6.92 Å². The lowest BCUT2D eigenvalue weighted by atomic mass is 10.2. The molecule has 1 heterocycles. The quantitative estimate of drug-likeness (QED) is 0.618. The normalized spacial score (nSPS) is 9.80. The summed E-state index contributed by atoms with van der Waals surface area (Å²) < 4.78 is 4.84. The monoisotopic (exact) mass is 158 g/mol. The molecule has 1 aromatic heterocycles. The standard InChI is InChI=1S/C7H7ClO2/c1-2-5-3-6(7(8)9)10-4-5/h3-4H,2H2,1H3. The zero-order chi connectivity index (χ0) is 7.56. The molecule has 0 atom stereocenters. The van der Waals surface area contributed by atoms with Crippen molar-refractivity contribution in [2.24, 2.45) is 0 Å². The number of carbonyl (C=O) groups excluding carboxylic acids is 1. The van der Waals surface area contributed by atoms with Gasteiger partial charge in [-0.05, 0) is 29.7 Å². The smallest absolute Gasteiger partial charge is 0.287 e. The molecule has 2 nitrogen and oxygen atoms in total. The van der Waals surface area contributed by atoms with Crippen LogP contribution in [0.3, 0.4) is 0 Å². The molecule has 0 aromatic carbocycles. The van der Waals surface area contributed by atoms with Gasteiger partial charge >= 0.3 is 0 Å². The van der Waals surface area contributed by atoms with Crippen LogP contribution in [-0.4, -0.2) is 5.24 Å². The van der Waals surface area contributed by atoms with Crippen LogP contribution in [0, 0.1) is 0 Å². The summed E-state index contributed by atoms with van der Waals surface area (Å²) in [6.45, 7) is 1.98. The molecule has 0 unspecified atom stereocenters. The second kappa shape index (κ2) is 2.88. The van der Waals surface area contributed by atoms with Gasteiger partial charge in [-0.15, -0.1) is 0 Å². The lowest BCUT2D eigenvalue weighted by Crippen LogP contribution is -1.82. The fraction of sp³-hybridized carbons (Fsp3) is 0.286. The van der Waals surface area contributed by atoms with Gasteiger partial charge in [0.05, 0.1) is 6.26 Å². The second-order valence-electron chi connectivity index (χ2n) is 1.95. The third-order valence-electron chi connectivity index (χ3n) is 1.26. The molecule has 0 fully saturated rings. The van der Waals surface area contributed by atoms with Crippen LogP contribution in [0.1, 0.15) is 23.0 Å². The molecule has 3 heteroatoms. The summed E-state index contributed by atoms with van der Waals surface area (Å²) in [5.41, 5.74) is 0.990. The zero-order valence-corrected chi connectivity index (χ0v) is 6.31. The van der Waals surface area contributed by atoms with Gasteiger partial charge in [-0.1, -0.05) is 6.92 Å². The molecule has 1 rings (SSSR count). The summed E-state index contributed by atoms with van der Waals surface area (Å²) in [5.74, 6) is 0.221. The van der Waals surface area contributed by atoms with Crippen LogP contribution in [-0.2, 0) is 6.42 Å². The summed E-state index contributed by atoms with van der Waals surface area (Å²) in [6, 6.07) is 1.65. The molecule has 0 saturated heterocycles. The van der Waals surface area contributed by atoms with Gasteiger partial charge in [0.1, 0.15) is 0 Å². The minimum absolute atomic E-state index is 0.221. The van der Waals surface area contributed by atoms with Crippen LogP contribution >= 0.6 is 11.6 Å². The topological polar surface area (TPSA) is 30.2 Å². The predicted molar refractivity (Wildman–Crippen MR) is 38.3 cm³/mol. The highest BCUT2D eigenvalue weighted by Gasteiger charge is 2.05. The number of furan rings is 1. The van der Waals surface area contributed by atoms with Crippen molar-refractivity contribution >= 4 is 16.8 Å². The Labute approximate surface area is 63.8 Å². The first kappa shape index (κ1) is 7.35. The molecule has 0 amide bonds. The molecular weight excluding hydrogens is 152 g/mol. The van der Waals surface area contributed by atoms with E-state index in [1.165, 1.54) is 6.26 Å². The zero-order valence-electron chi connectivity index (χ0n) is 5.56. The molecule has 0 spiro atoms. The van der Waals surface area contributed by atoms with E-state index in [-0.39, 0.29) is 5.76 Å². The maximum atomic E-state index is 10.4. The number of halogens is 1. The van der Waals surface area contributed by atoms with Gasteiger partial charge in [0.15, 0.2) is 5.76 Å². The summed E-state index contributed by atoms with van der Waals surface area (Å²) in [5, 5.41) is -0.542. The largest absolute Gasteiger partial charge is 0.460 e. The Balaban J connectivity index is 2.88. The molecule has 0 aliphatic heterocycles. The van der Waals surface area contributed by atoms with Crippen molar-refractivity contribution in [1.82, 2.24) is 0 Å². The Morgan fingerprint density at radius 2 is 2.50 bits per heavy atom. The molecule has 1 aromatic rings. The third kappa shape index (κ3) is 1.39. The summed E-state index contributed by atoms with van der Waals surface area (Å²) in [7, 11) is 0. The Morgan fingerprint density at radius 1 is 1.80 bits per heavy atom. The van der Waals surface area contributed by atoms with Gasteiger partial charge in [0.2, 0.25) is 0 Å². The molecule has 10 heavy (non-hydrogen) atoms. The second-order valence-corrected chi connectivity index (χ2v) is 2.29. The van der Waals surface area contributed by atoms with Crippen molar-refractivity contribution in [2.45, 2.75) is 13.3 Å². The Hall–Kier alpha value is -0.760. The van der Waals surface area contributed by atoms with Gasteiger partial charge in [0, 0.05) is 0 Å². The summed E-state index contributed by atoms with van der Waals surface area (Å²) in [6.07, 6.45) is 2.39. The molecule has 0 N–H and O–H groups in total. The van der Waals surface area contributed by atoms with Crippen molar-refractivity contribution in [3.63, 3.8) is 0 Å². The van der Waals surface area contributed by atoms with Gasteiger partial charge in [-0.25, -0.2) is 0 Å². The van der Waals surface area contributed by atoms with Crippen molar-refractivity contribution in [3.8, 4) is 0 Å². The van der Waals surface area contributed by atoms with Crippen LogP contribution in [0.15, 0.2) is 16.7 Å². The number of hydrogen-bond donors (Lipinski definition) is 0. The van der Waals surface area contributed by atoms with Crippen molar-refractivity contribution in [1.29, 1.82) is 0 Å². The van der Waals surface area contributed by atoms with Gasteiger partial charge in [0.25, 0.3) is 5.24 Å². The van der Waals surface area contributed by atoms with Gasteiger partial charge < -0.3 is 4.42 Å². The van der Waals surface area contributed by atoms with Crippen LogP contribution in [0.4, 0.5) is 0 Å². The molecule has 0 bridgehead atoms. The lowest BCUT2D eigenvalue weighted by molar-refractivity contribution is 0.105. The summed E-state index contributed by atoms with van der Waals surface area (Å²) >= 11 is 5.14. The average Bonchev–Trinajstić information content (AvgIpc) is 2.34. The summed E-state index contributed by atoms with van der Waals surface area (Å²) in [4.78, 5) is 10.4. The van der Waals surface area contributed by atoms with E-state index >= 15 is 0 Å². The van der Waals surface area contributed by atoms with Crippen LogP contribution in [0.5, 0.6) is 0 Å². The number of carbonyl (C=O) groups is 1. The SMILES string of the molecule is CCc1coc(C(=O)Cl)c1. The van der Waals surface area contributed by atoms with E-state index in [1.54, 1.807) is 6.07 Å². The lowest BCUT2D eigenvalue weighted by Gasteiger charge is -1.79. The highest BCUT2D eigenvalue weighted by atomic mass is 35.5. The maximum Gasteiger partial charge on any atom is 0.287 e. The van der Waals surface area contributed by atoms with Crippen molar-refractivity contribution in [3.05, 3.63) is 23.7 Å². The highest BCUT2D eigenvalue weighted by Crippen LogP contribution is 2.10. The van der Waals surface area contributed by atoms with E-state index < -0.39 is 5.24 Å². The van der Waals surface area contributed by atoms with E-state index in [0.717, 1.165) is 12.0 Å². The number of hydrogen-bond acceptors (Lipinski definition) is 2. The first-order valence-electron chi connectivity index (χ1n) is 3.01. The van der Waals surface area contributed by atoms with Crippen LogP contribution in [0.2, 0.25) is 0 Å². The molecule has 0 radical (unpaired) electrons. The minimum Gasteiger partial charge on any atom is -0.460 e. The highest BCUT2D eigenvalue weighted by molar-refractivity contribution is 6.67. The predicted octanol–water partition coefficient (Wildman–Crippen LogP) is 2.22. The molecular formula is C7H7ClO2. The van der Waals surface area contributed by atoms with Crippen molar-refractivity contribution < 1.29 is 9.21 Å². The fourth-order valence-electron chi connectivity index (χ4n) is 0.664. The van der Waals surface area contributed by atoms with Gasteiger partial charge in [-0.3, -0.25) is 4.79 Å². The first-order valence-corrected chi connectivity index (χ1v) is 3.39. The molecule has 0 saturated carbocycles. The molecule has 0 aliphatic rings. The van der Waals surface area contributed by atoms with E-state index in [0.29, 0.717) is 0 Å². The Bertz CT molecular complexity index is 240. The van der Waals surface area contributed by atoms with E-state index in [9.17, 15) is 4.79 Å². The number of rotatable bonds is 2. The van der Waals surface area contributed by atoms with E-state index in [4.69, 9.17) is 16.0 Å².